The molecule has 2 aromatic rings. The highest BCUT2D eigenvalue weighted by atomic mass is 16.5. The minimum Gasteiger partial charge on any atom is -0.437 e. The van der Waals surface area contributed by atoms with Crippen molar-refractivity contribution in [2.75, 3.05) is 6.54 Å². The molecule has 2 rings (SSSR count). The maximum absolute atomic E-state index is 5.70. The first kappa shape index (κ1) is 13.5. The van der Waals surface area contributed by atoms with Gasteiger partial charge in [-0.15, -0.1) is 5.10 Å². The van der Waals surface area contributed by atoms with Gasteiger partial charge >= 0.3 is 0 Å². The first-order chi connectivity index (χ1) is 9.29. The largest absolute Gasteiger partial charge is 0.437 e. The van der Waals surface area contributed by atoms with Crippen LogP contribution in [0.4, 0.5) is 0 Å². The van der Waals surface area contributed by atoms with Crippen LogP contribution in [0, 0.1) is 6.92 Å². The maximum atomic E-state index is 5.70. The van der Waals surface area contributed by atoms with Crippen molar-refractivity contribution in [3.8, 4) is 11.6 Å². The standard InChI is InChI=1S/C15H19N3O/c1-3-10-16-11-13-8-9-15(18-17-13)19-14-7-5-4-6-12(14)2/h4-9,16H,3,10-11H2,1-2H3. The molecular weight excluding hydrogens is 238 g/mol. The van der Waals surface area contributed by atoms with Gasteiger partial charge in [-0.1, -0.05) is 25.1 Å². The summed E-state index contributed by atoms with van der Waals surface area (Å²) in [7, 11) is 0. The smallest absolute Gasteiger partial charge is 0.238 e. The molecule has 1 heterocycles. The van der Waals surface area contributed by atoms with Crippen molar-refractivity contribution in [1.82, 2.24) is 15.5 Å². The maximum Gasteiger partial charge on any atom is 0.238 e. The van der Waals surface area contributed by atoms with Gasteiger partial charge in [-0.05, 0) is 37.6 Å². The van der Waals surface area contributed by atoms with Crippen LogP contribution < -0.4 is 10.1 Å². The van der Waals surface area contributed by atoms with Crippen LogP contribution in [0.25, 0.3) is 0 Å². The number of aromatic nitrogens is 2. The average Bonchev–Trinajstić information content (AvgIpc) is 2.44. The first-order valence-corrected chi connectivity index (χ1v) is 6.56. The Morgan fingerprint density at radius 2 is 1.95 bits per heavy atom. The topological polar surface area (TPSA) is 47.0 Å². The molecule has 0 aliphatic heterocycles. The second kappa shape index (κ2) is 6.85. The highest BCUT2D eigenvalue weighted by molar-refractivity contribution is 5.34. The molecule has 0 aliphatic carbocycles. The van der Waals surface area contributed by atoms with Gasteiger partial charge in [-0.25, -0.2) is 0 Å². The second-order valence-electron chi connectivity index (χ2n) is 4.41. The molecule has 1 aromatic heterocycles. The van der Waals surface area contributed by atoms with E-state index in [0.717, 1.165) is 36.5 Å². The van der Waals surface area contributed by atoms with Crippen LogP contribution in [0.15, 0.2) is 36.4 Å². The molecule has 0 unspecified atom stereocenters. The Hall–Kier alpha value is -1.94. The molecule has 1 aromatic carbocycles. The fraction of sp³-hybridized carbons (Fsp3) is 0.333. The van der Waals surface area contributed by atoms with E-state index in [9.17, 15) is 0 Å². The van der Waals surface area contributed by atoms with Crippen LogP contribution in [0.3, 0.4) is 0 Å². The number of nitrogens with zero attached hydrogens (tertiary/aromatic N) is 2. The van der Waals surface area contributed by atoms with Gasteiger partial charge in [0.25, 0.3) is 0 Å². The highest BCUT2D eigenvalue weighted by Crippen LogP contribution is 2.22. The summed E-state index contributed by atoms with van der Waals surface area (Å²) in [4.78, 5) is 0. The molecule has 0 radical (unpaired) electrons. The zero-order valence-electron chi connectivity index (χ0n) is 11.4. The molecule has 0 bridgehead atoms. The lowest BCUT2D eigenvalue weighted by Crippen LogP contribution is -2.15. The average molecular weight is 257 g/mol. The van der Waals surface area contributed by atoms with Crippen molar-refractivity contribution < 1.29 is 4.74 Å². The Kier molecular flexibility index (Phi) is 4.86. The van der Waals surface area contributed by atoms with Gasteiger partial charge in [0.1, 0.15) is 5.75 Å². The molecular formula is C15H19N3O. The third kappa shape index (κ3) is 4.03. The van der Waals surface area contributed by atoms with E-state index in [1.807, 2.05) is 43.3 Å². The number of hydrogen-bond donors (Lipinski definition) is 1. The molecule has 4 nitrogen and oxygen atoms in total. The minimum atomic E-state index is 0.522. The Labute approximate surface area is 113 Å². The van der Waals surface area contributed by atoms with Gasteiger partial charge in [0.05, 0.1) is 5.69 Å². The van der Waals surface area contributed by atoms with Crippen LogP contribution in [-0.2, 0) is 6.54 Å². The quantitative estimate of drug-likeness (QED) is 0.808. The molecule has 0 atom stereocenters. The third-order valence-corrected chi connectivity index (χ3v) is 2.74. The predicted molar refractivity (Wildman–Crippen MR) is 75.3 cm³/mol. The summed E-state index contributed by atoms with van der Waals surface area (Å²) in [6.45, 7) is 5.87. The van der Waals surface area contributed by atoms with E-state index in [2.05, 4.69) is 22.4 Å². The van der Waals surface area contributed by atoms with Crippen molar-refractivity contribution in [3.05, 3.63) is 47.7 Å². The van der Waals surface area contributed by atoms with E-state index >= 15 is 0 Å². The number of rotatable bonds is 6. The second-order valence-corrected chi connectivity index (χ2v) is 4.41. The Morgan fingerprint density at radius 1 is 1.11 bits per heavy atom. The zero-order valence-corrected chi connectivity index (χ0v) is 11.4. The lowest BCUT2D eigenvalue weighted by atomic mass is 10.2. The van der Waals surface area contributed by atoms with Crippen molar-refractivity contribution in [1.29, 1.82) is 0 Å². The van der Waals surface area contributed by atoms with E-state index < -0.39 is 0 Å². The van der Waals surface area contributed by atoms with Crippen molar-refractivity contribution in [3.63, 3.8) is 0 Å². The molecule has 0 amide bonds. The first-order valence-electron chi connectivity index (χ1n) is 6.56. The summed E-state index contributed by atoms with van der Waals surface area (Å²) in [5.41, 5.74) is 2.00. The minimum absolute atomic E-state index is 0.522. The van der Waals surface area contributed by atoms with Gasteiger partial charge in [-0.2, -0.15) is 5.10 Å². The fourth-order valence-electron chi connectivity index (χ4n) is 1.67. The molecule has 0 saturated heterocycles. The molecule has 0 saturated carbocycles. The molecule has 0 aliphatic rings. The monoisotopic (exact) mass is 257 g/mol. The van der Waals surface area contributed by atoms with Gasteiger partial charge in [0, 0.05) is 12.6 Å². The van der Waals surface area contributed by atoms with Gasteiger partial charge in [-0.3, -0.25) is 0 Å². The number of para-hydroxylation sites is 1. The van der Waals surface area contributed by atoms with Crippen LogP contribution in [0.2, 0.25) is 0 Å². The highest BCUT2D eigenvalue weighted by Gasteiger charge is 2.02. The summed E-state index contributed by atoms with van der Waals surface area (Å²) in [6, 6.07) is 11.6. The van der Waals surface area contributed by atoms with E-state index in [0.29, 0.717) is 5.88 Å². The summed E-state index contributed by atoms with van der Waals surface area (Å²) in [5.74, 6) is 1.34. The lowest BCUT2D eigenvalue weighted by molar-refractivity contribution is 0.450. The molecule has 4 heteroatoms. The van der Waals surface area contributed by atoms with Crippen LogP contribution in [-0.4, -0.2) is 16.7 Å². The van der Waals surface area contributed by atoms with Crippen LogP contribution in [0.5, 0.6) is 11.6 Å². The van der Waals surface area contributed by atoms with Gasteiger partial charge < -0.3 is 10.1 Å². The number of ether oxygens (including phenoxy) is 1. The van der Waals surface area contributed by atoms with Gasteiger partial charge in [0.2, 0.25) is 5.88 Å². The predicted octanol–water partition coefficient (Wildman–Crippen LogP) is 3.08. The van der Waals surface area contributed by atoms with Crippen LogP contribution in [0.1, 0.15) is 24.6 Å². The lowest BCUT2D eigenvalue weighted by Gasteiger charge is -2.07. The summed E-state index contributed by atoms with van der Waals surface area (Å²) >= 11 is 0. The normalized spacial score (nSPS) is 10.4. The Balaban J connectivity index is 1.97. The molecule has 100 valence electrons. The van der Waals surface area contributed by atoms with Crippen molar-refractivity contribution >= 4 is 0 Å². The summed E-state index contributed by atoms with van der Waals surface area (Å²) in [5, 5.41) is 11.5. The van der Waals surface area contributed by atoms with E-state index in [-0.39, 0.29) is 0 Å². The molecule has 1 N–H and O–H groups in total. The Bertz CT molecular complexity index is 511. The SMILES string of the molecule is CCCNCc1ccc(Oc2ccccc2C)nn1. The zero-order chi connectivity index (χ0) is 13.5. The Morgan fingerprint density at radius 3 is 2.63 bits per heavy atom. The molecule has 19 heavy (non-hydrogen) atoms. The van der Waals surface area contributed by atoms with E-state index in [1.54, 1.807) is 0 Å². The summed E-state index contributed by atoms with van der Waals surface area (Å²) in [6.07, 6.45) is 1.11. The summed E-state index contributed by atoms with van der Waals surface area (Å²) < 4.78 is 5.70. The third-order valence-electron chi connectivity index (χ3n) is 2.74. The number of aryl methyl sites for hydroxylation is 1. The van der Waals surface area contributed by atoms with Crippen LogP contribution >= 0.6 is 0 Å². The number of hydrogen-bond acceptors (Lipinski definition) is 4. The number of benzene rings is 1. The fourth-order valence-corrected chi connectivity index (χ4v) is 1.67. The van der Waals surface area contributed by atoms with Crippen molar-refractivity contribution in [2.45, 2.75) is 26.8 Å². The van der Waals surface area contributed by atoms with Crippen molar-refractivity contribution in [2.24, 2.45) is 0 Å². The van der Waals surface area contributed by atoms with E-state index in [4.69, 9.17) is 4.74 Å². The number of nitrogens with one attached hydrogen (secondary N) is 1. The molecule has 0 spiro atoms. The molecule has 0 fully saturated rings. The van der Waals surface area contributed by atoms with Gasteiger partial charge in [0.15, 0.2) is 0 Å². The van der Waals surface area contributed by atoms with E-state index in [1.165, 1.54) is 0 Å².